The molecule has 0 aromatic carbocycles. The molecule has 0 radical (unpaired) electrons. The Balaban J connectivity index is 1.31. The number of hydrogen-bond acceptors (Lipinski definition) is 9. The van der Waals surface area contributed by atoms with Gasteiger partial charge in [0.05, 0.1) is 17.6 Å². The molecule has 2 aliphatic heterocycles. The Morgan fingerprint density at radius 1 is 1.09 bits per heavy atom. The molecule has 0 spiro atoms. The van der Waals surface area contributed by atoms with Crippen LogP contribution in [0.1, 0.15) is 69.7 Å². The standard InChI is InChI=1S/C30H36F3N7O4S/c1-19-7-8-20-17-28(2,3)39(18-20)26-21(27(41)38-45(42,43)25-6-4-5-22(34-19)35-25)9-10-23(36-26)40-15-11-24(37-40)44-16-14-29(12-13-29)30(31,32)33/h4-6,9-11,15,19-20H,7-8,12-14,16-18H2,1-3H3,(H,34,35)(H,38,41)/t19-,20-/m1/s1. The van der Waals surface area contributed by atoms with Gasteiger partial charge in [-0.25, -0.2) is 19.4 Å². The van der Waals surface area contributed by atoms with E-state index < -0.39 is 33.1 Å². The van der Waals surface area contributed by atoms with Gasteiger partial charge in [0.15, 0.2) is 10.8 Å². The molecule has 15 heteroatoms. The van der Waals surface area contributed by atoms with Crippen molar-refractivity contribution in [3.05, 3.63) is 48.2 Å². The second kappa shape index (κ2) is 11.2. The van der Waals surface area contributed by atoms with Crippen LogP contribution in [0.15, 0.2) is 47.6 Å². The summed E-state index contributed by atoms with van der Waals surface area (Å²) in [6.07, 6.45) is -0.0617. The Kier molecular flexibility index (Phi) is 7.73. The molecule has 6 rings (SSSR count). The molecule has 3 aromatic rings. The van der Waals surface area contributed by atoms with Crippen LogP contribution in [-0.4, -0.2) is 65.0 Å². The fraction of sp³-hybridized carbons (Fsp3) is 0.533. The number of nitrogens with one attached hydrogen (secondary N) is 2. The number of carbonyl (C=O) groups is 1. The van der Waals surface area contributed by atoms with Gasteiger partial charge in [-0.3, -0.25) is 4.79 Å². The van der Waals surface area contributed by atoms with Gasteiger partial charge in [-0.15, -0.1) is 5.10 Å². The van der Waals surface area contributed by atoms with E-state index in [0.29, 0.717) is 24.0 Å². The molecule has 1 saturated carbocycles. The van der Waals surface area contributed by atoms with Gasteiger partial charge in [0.1, 0.15) is 11.6 Å². The fourth-order valence-electron chi connectivity index (χ4n) is 6.28. The lowest BCUT2D eigenvalue weighted by Gasteiger charge is -2.34. The van der Waals surface area contributed by atoms with E-state index in [1.165, 1.54) is 28.9 Å². The lowest BCUT2D eigenvalue weighted by Crippen LogP contribution is -2.41. The quantitative estimate of drug-likeness (QED) is 0.389. The maximum atomic E-state index is 13.6. The number of rotatable bonds is 5. The van der Waals surface area contributed by atoms with Crippen molar-refractivity contribution in [2.24, 2.45) is 11.3 Å². The number of carbonyl (C=O) groups excluding carboxylic acids is 1. The minimum absolute atomic E-state index is 0.0313. The van der Waals surface area contributed by atoms with Crippen LogP contribution in [0, 0.1) is 11.3 Å². The molecule has 3 aliphatic rings. The average molecular weight is 648 g/mol. The average Bonchev–Trinajstić information content (AvgIpc) is 3.51. The van der Waals surface area contributed by atoms with Crippen molar-refractivity contribution in [1.82, 2.24) is 24.5 Å². The summed E-state index contributed by atoms with van der Waals surface area (Å²) in [5, 5.41) is 7.33. The van der Waals surface area contributed by atoms with Gasteiger partial charge in [-0.1, -0.05) is 6.07 Å². The van der Waals surface area contributed by atoms with E-state index in [-0.39, 0.29) is 54.3 Å². The summed E-state index contributed by atoms with van der Waals surface area (Å²) in [6.45, 7) is 6.62. The van der Waals surface area contributed by atoms with E-state index in [2.05, 4.69) is 34.0 Å². The summed E-state index contributed by atoms with van der Waals surface area (Å²) in [5.74, 6) is 0.619. The first-order chi connectivity index (χ1) is 21.2. The smallest absolute Gasteiger partial charge is 0.394 e. The van der Waals surface area contributed by atoms with E-state index in [4.69, 9.17) is 9.72 Å². The maximum absolute atomic E-state index is 13.6. The molecule has 0 unspecified atom stereocenters. The van der Waals surface area contributed by atoms with Crippen molar-refractivity contribution in [2.75, 3.05) is 23.4 Å². The number of anilines is 2. The number of hydrogen-bond donors (Lipinski definition) is 2. The summed E-state index contributed by atoms with van der Waals surface area (Å²) in [6, 6.07) is 9.18. The van der Waals surface area contributed by atoms with Crippen molar-refractivity contribution in [2.45, 2.75) is 82.1 Å². The number of alkyl halides is 3. The van der Waals surface area contributed by atoms with Crippen LogP contribution < -0.4 is 19.7 Å². The number of sulfonamides is 1. The third-order valence-electron chi connectivity index (χ3n) is 9.03. The van der Waals surface area contributed by atoms with E-state index in [1.54, 1.807) is 18.3 Å². The summed E-state index contributed by atoms with van der Waals surface area (Å²) >= 11 is 0. The van der Waals surface area contributed by atoms with E-state index in [0.717, 1.165) is 19.3 Å². The molecule has 5 heterocycles. The van der Waals surface area contributed by atoms with Crippen LogP contribution >= 0.6 is 0 Å². The molecule has 1 saturated heterocycles. The van der Waals surface area contributed by atoms with E-state index >= 15 is 0 Å². The molecule has 1 aliphatic carbocycles. The third kappa shape index (κ3) is 6.31. The van der Waals surface area contributed by atoms with Crippen LogP contribution in [0.5, 0.6) is 5.88 Å². The van der Waals surface area contributed by atoms with Gasteiger partial charge >= 0.3 is 6.18 Å². The van der Waals surface area contributed by atoms with Crippen LogP contribution in [0.3, 0.4) is 0 Å². The predicted octanol–water partition coefficient (Wildman–Crippen LogP) is 5.09. The Morgan fingerprint density at radius 2 is 1.87 bits per heavy atom. The number of fused-ring (bicyclic) bond motifs is 6. The zero-order valence-electron chi connectivity index (χ0n) is 25.3. The highest BCUT2D eigenvalue weighted by atomic mass is 32.2. The number of pyridine rings is 2. The normalized spacial score (nSPS) is 23.6. The Hall–Kier alpha value is -3.88. The van der Waals surface area contributed by atoms with Crippen LogP contribution in [0.2, 0.25) is 0 Å². The lowest BCUT2D eigenvalue weighted by molar-refractivity contribution is -0.190. The van der Waals surface area contributed by atoms with Crippen molar-refractivity contribution in [3.8, 4) is 11.7 Å². The Morgan fingerprint density at radius 3 is 2.60 bits per heavy atom. The van der Waals surface area contributed by atoms with Crippen molar-refractivity contribution in [3.63, 3.8) is 0 Å². The fourth-order valence-corrected chi connectivity index (χ4v) is 7.21. The molecule has 242 valence electrons. The SMILES string of the molecule is C[C@@H]1CC[C@H]2CN(c3nc(-n4ccc(OCCC5(C(F)(F)F)CC5)n4)ccc3C(=O)NS(=O)(=O)c3cccc(n3)N1)C(C)(C)C2. The van der Waals surface area contributed by atoms with E-state index in [9.17, 15) is 26.4 Å². The zero-order chi connectivity index (χ0) is 32.2. The van der Waals surface area contributed by atoms with Crippen LogP contribution in [-0.2, 0) is 10.0 Å². The highest BCUT2D eigenvalue weighted by Gasteiger charge is 2.62. The number of nitrogens with zero attached hydrogens (tertiary/aromatic N) is 5. The minimum atomic E-state index is -4.32. The summed E-state index contributed by atoms with van der Waals surface area (Å²) < 4.78 is 75.5. The zero-order valence-corrected chi connectivity index (χ0v) is 26.1. The Bertz CT molecular complexity index is 1710. The van der Waals surface area contributed by atoms with Crippen molar-refractivity contribution >= 4 is 27.6 Å². The maximum Gasteiger partial charge on any atom is 0.394 e. The summed E-state index contributed by atoms with van der Waals surface area (Å²) in [5.41, 5.74) is -2.00. The third-order valence-corrected chi connectivity index (χ3v) is 10.3. The molecule has 2 fully saturated rings. The first-order valence-corrected chi connectivity index (χ1v) is 16.5. The molecule has 4 bridgehead atoms. The van der Waals surface area contributed by atoms with Gasteiger partial charge in [0.2, 0.25) is 5.88 Å². The second-order valence-corrected chi connectivity index (χ2v) is 14.6. The van der Waals surface area contributed by atoms with Crippen LogP contribution in [0.4, 0.5) is 24.8 Å². The molecular formula is C30H36F3N7O4S. The molecule has 1 amide bonds. The molecule has 3 aromatic heterocycles. The molecule has 2 N–H and O–H groups in total. The highest BCUT2D eigenvalue weighted by Crippen LogP contribution is 2.59. The molecular weight excluding hydrogens is 611 g/mol. The highest BCUT2D eigenvalue weighted by molar-refractivity contribution is 7.90. The summed E-state index contributed by atoms with van der Waals surface area (Å²) in [4.78, 5) is 24.7. The Labute approximate surface area is 259 Å². The predicted molar refractivity (Wildman–Crippen MR) is 160 cm³/mol. The first-order valence-electron chi connectivity index (χ1n) is 15.0. The molecule has 45 heavy (non-hydrogen) atoms. The number of halogens is 3. The first kappa shape index (κ1) is 31.1. The number of amides is 1. The number of aromatic nitrogens is 4. The van der Waals surface area contributed by atoms with Gasteiger partial charge < -0.3 is 15.0 Å². The van der Waals surface area contributed by atoms with Crippen molar-refractivity contribution < 1.29 is 31.1 Å². The van der Waals surface area contributed by atoms with Gasteiger partial charge in [-0.2, -0.15) is 21.6 Å². The van der Waals surface area contributed by atoms with E-state index in [1.807, 2.05) is 11.8 Å². The second-order valence-electron chi connectivity index (χ2n) is 12.9. The minimum Gasteiger partial charge on any atom is -0.477 e. The van der Waals surface area contributed by atoms with Crippen molar-refractivity contribution in [1.29, 1.82) is 0 Å². The lowest BCUT2D eigenvalue weighted by atomic mass is 9.92. The topological polar surface area (TPSA) is 131 Å². The van der Waals surface area contributed by atoms with Gasteiger partial charge in [-0.05, 0) is 89.5 Å². The van der Waals surface area contributed by atoms with Gasteiger partial charge in [0.25, 0.3) is 15.9 Å². The molecule has 2 atom stereocenters. The summed E-state index contributed by atoms with van der Waals surface area (Å²) in [7, 11) is -4.32. The molecule has 11 nitrogen and oxygen atoms in total. The monoisotopic (exact) mass is 647 g/mol. The largest absolute Gasteiger partial charge is 0.477 e. The van der Waals surface area contributed by atoms with Crippen LogP contribution in [0.25, 0.3) is 5.82 Å². The number of ether oxygens (including phenoxy) is 1. The van der Waals surface area contributed by atoms with Gasteiger partial charge in [0, 0.05) is 30.4 Å².